The maximum Gasteiger partial charge on any atom is 0.257 e. The molecule has 1 atom stereocenters. The van der Waals surface area contributed by atoms with Gasteiger partial charge in [-0.15, -0.1) is 0 Å². The first kappa shape index (κ1) is 14.9. The highest BCUT2D eigenvalue weighted by Crippen LogP contribution is 2.19. The molecule has 0 radical (unpaired) electrons. The molecular weight excluding hydrogens is 252 g/mol. The average Bonchev–Trinajstić information content (AvgIpc) is 2.52. The summed E-state index contributed by atoms with van der Waals surface area (Å²) >= 11 is 0. The number of carbonyl (C=O) groups excluding carboxylic acids is 1. The molecule has 0 aromatic heterocycles. The number of ether oxygens (including phenoxy) is 1. The maximum atomic E-state index is 12.4. The number of hydrogen-bond acceptors (Lipinski definition) is 3. The van der Waals surface area contributed by atoms with Crippen molar-refractivity contribution in [3.8, 4) is 5.75 Å². The lowest BCUT2D eigenvalue weighted by atomic mass is 10.0. The van der Waals surface area contributed by atoms with Crippen LogP contribution in [0.5, 0.6) is 5.75 Å². The van der Waals surface area contributed by atoms with E-state index in [0.717, 1.165) is 19.5 Å². The van der Waals surface area contributed by atoms with Crippen LogP contribution in [-0.2, 0) is 0 Å². The molecule has 2 rings (SSSR count). The summed E-state index contributed by atoms with van der Waals surface area (Å²) < 4.78 is 5.25. The van der Waals surface area contributed by atoms with Crippen LogP contribution < -0.4 is 10.1 Å². The van der Waals surface area contributed by atoms with E-state index in [1.54, 1.807) is 12.0 Å². The second kappa shape index (κ2) is 7.29. The number of piperidine rings is 1. The Kier molecular flexibility index (Phi) is 5.41. The van der Waals surface area contributed by atoms with Gasteiger partial charge in [0.25, 0.3) is 5.91 Å². The maximum absolute atomic E-state index is 12.4. The fraction of sp³-hybridized carbons (Fsp3) is 0.562. The zero-order chi connectivity index (χ0) is 14.4. The van der Waals surface area contributed by atoms with Crippen LogP contribution in [0.4, 0.5) is 0 Å². The lowest BCUT2D eigenvalue weighted by molar-refractivity contribution is 0.0784. The predicted molar refractivity (Wildman–Crippen MR) is 80.2 cm³/mol. The number of carbonyl (C=O) groups is 1. The minimum Gasteiger partial charge on any atom is -0.496 e. The van der Waals surface area contributed by atoms with Crippen LogP contribution in [0.1, 0.15) is 36.0 Å². The van der Waals surface area contributed by atoms with Gasteiger partial charge in [0.15, 0.2) is 0 Å². The molecule has 4 heteroatoms. The fourth-order valence-corrected chi connectivity index (χ4v) is 2.65. The van der Waals surface area contributed by atoms with Crippen LogP contribution in [0.3, 0.4) is 0 Å². The highest BCUT2D eigenvalue weighted by Gasteiger charge is 2.18. The Morgan fingerprint density at radius 3 is 2.90 bits per heavy atom. The van der Waals surface area contributed by atoms with Crippen molar-refractivity contribution in [2.24, 2.45) is 0 Å². The molecule has 1 aromatic rings. The Bertz CT molecular complexity index is 442. The van der Waals surface area contributed by atoms with Crippen LogP contribution in [-0.4, -0.2) is 44.1 Å². The van der Waals surface area contributed by atoms with E-state index in [0.29, 0.717) is 17.4 Å². The molecule has 1 aromatic carbocycles. The molecule has 0 aliphatic carbocycles. The van der Waals surface area contributed by atoms with Gasteiger partial charge in [-0.1, -0.05) is 18.6 Å². The van der Waals surface area contributed by atoms with Crippen molar-refractivity contribution < 1.29 is 9.53 Å². The van der Waals surface area contributed by atoms with Gasteiger partial charge in [0.05, 0.1) is 12.7 Å². The summed E-state index contributed by atoms with van der Waals surface area (Å²) in [5.41, 5.74) is 0.633. The quantitative estimate of drug-likeness (QED) is 0.897. The van der Waals surface area contributed by atoms with Crippen molar-refractivity contribution in [1.82, 2.24) is 10.2 Å². The predicted octanol–water partition coefficient (Wildman–Crippen LogP) is 2.30. The van der Waals surface area contributed by atoms with E-state index in [1.807, 2.05) is 31.3 Å². The number of benzene rings is 1. The van der Waals surface area contributed by atoms with Crippen molar-refractivity contribution in [2.75, 3.05) is 27.2 Å². The van der Waals surface area contributed by atoms with Crippen molar-refractivity contribution in [3.05, 3.63) is 29.8 Å². The number of nitrogens with one attached hydrogen (secondary N) is 1. The summed E-state index contributed by atoms with van der Waals surface area (Å²) in [5.74, 6) is 0.665. The molecule has 1 unspecified atom stereocenters. The summed E-state index contributed by atoms with van der Waals surface area (Å²) in [6.45, 7) is 1.88. The van der Waals surface area contributed by atoms with E-state index in [4.69, 9.17) is 4.74 Å². The third kappa shape index (κ3) is 3.73. The van der Waals surface area contributed by atoms with Gasteiger partial charge in [-0.05, 0) is 37.9 Å². The summed E-state index contributed by atoms with van der Waals surface area (Å²) in [6.07, 6.45) is 4.79. The molecular formula is C16H24N2O2. The Labute approximate surface area is 121 Å². The van der Waals surface area contributed by atoms with Crippen LogP contribution in [0.15, 0.2) is 24.3 Å². The molecule has 1 aliphatic rings. The van der Waals surface area contributed by atoms with E-state index < -0.39 is 0 Å². The molecule has 4 nitrogen and oxygen atoms in total. The van der Waals surface area contributed by atoms with Crippen LogP contribution >= 0.6 is 0 Å². The molecule has 20 heavy (non-hydrogen) atoms. The highest BCUT2D eigenvalue weighted by atomic mass is 16.5. The van der Waals surface area contributed by atoms with E-state index in [9.17, 15) is 4.79 Å². The zero-order valence-electron chi connectivity index (χ0n) is 12.4. The first-order valence-electron chi connectivity index (χ1n) is 7.34. The van der Waals surface area contributed by atoms with Crippen LogP contribution in [0.2, 0.25) is 0 Å². The Morgan fingerprint density at radius 1 is 1.40 bits per heavy atom. The van der Waals surface area contributed by atoms with Gasteiger partial charge in [-0.3, -0.25) is 4.79 Å². The van der Waals surface area contributed by atoms with Crippen molar-refractivity contribution in [3.63, 3.8) is 0 Å². The number of rotatable bonds is 5. The normalized spacial score (nSPS) is 18.6. The van der Waals surface area contributed by atoms with Gasteiger partial charge < -0.3 is 15.0 Å². The Hall–Kier alpha value is -1.55. The summed E-state index contributed by atoms with van der Waals surface area (Å²) in [6, 6.07) is 7.94. The van der Waals surface area contributed by atoms with Gasteiger partial charge in [-0.25, -0.2) is 0 Å². The molecule has 1 saturated heterocycles. The number of nitrogens with zero attached hydrogens (tertiary/aromatic N) is 1. The van der Waals surface area contributed by atoms with Gasteiger partial charge in [0.2, 0.25) is 0 Å². The summed E-state index contributed by atoms with van der Waals surface area (Å²) in [7, 11) is 3.45. The zero-order valence-corrected chi connectivity index (χ0v) is 12.4. The monoisotopic (exact) mass is 276 g/mol. The molecule has 0 saturated carbocycles. The lowest BCUT2D eigenvalue weighted by Crippen LogP contribution is -2.38. The lowest BCUT2D eigenvalue weighted by Gasteiger charge is -2.26. The van der Waals surface area contributed by atoms with E-state index >= 15 is 0 Å². The third-order valence-electron chi connectivity index (χ3n) is 3.91. The van der Waals surface area contributed by atoms with Crippen LogP contribution in [0, 0.1) is 0 Å². The molecule has 1 amide bonds. The van der Waals surface area contributed by atoms with Crippen LogP contribution in [0.25, 0.3) is 0 Å². The first-order valence-corrected chi connectivity index (χ1v) is 7.34. The number of para-hydroxylation sites is 1. The topological polar surface area (TPSA) is 41.6 Å². The third-order valence-corrected chi connectivity index (χ3v) is 3.91. The minimum atomic E-state index is 0.0262. The highest BCUT2D eigenvalue weighted by molar-refractivity contribution is 5.96. The van der Waals surface area contributed by atoms with Gasteiger partial charge in [0.1, 0.15) is 5.75 Å². The summed E-state index contributed by atoms with van der Waals surface area (Å²) in [5, 5.41) is 3.51. The molecule has 1 fully saturated rings. The molecule has 1 N–H and O–H groups in total. The first-order chi connectivity index (χ1) is 9.72. The largest absolute Gasteiger partial charge is 0.496 e. The molecule has 0 spiro atoms. The Balaban J connectivity index is 1.90. The number of methoxy groups -OCH3 is 1. The van der Waals surface area contributed by atoms with Gasteiger partial charge >= 0.3 is 0 Å². The second-order valence-electron chi connectivity index (χ2n) is 5.36. The SMILES string of the molecule is COc1ccccc1C(=O)N(C)CCC1CCCCN1. The van der Waals surface area contributed by atoms with Crippen molar-refractivity contribution >= 4 is 5.91 Å². The van der Waals surface area contributed by atoms with Gasteiger partial charge in [0, 0.05) is 19.6 Å². The summed E-state index contributed by atoms with van der Waals surface area (Å²) in [4.78, 5) is 14.2. The number of hydrogen-bond donors (Lipinski definition) is 1. The molecule has 0 bridgehead atoms. The van der Waals surface area contributed by atoms with Crippen molar-refractivity contribution in [2.45, 2.75) is 31.7 Å². The molecule has 110 valence electrons. The fourth-order valence-electron chi connectivity index (χ4n) is 2.65. The smallest absolute Gasteiger partial charge is 0.257 e. The van der Waals surface area contributed by atoms with E-state index in [-0.39, 0.29) is 5.91 Å². The standard InChI is InChI=1S/C16H24N2O2/c1-18(12-10-13-7-5-6-11-17-13)16(19)14-8-3-4-9-15(14)20-2/h3-4,8-9,13,17H,5-7,10-12H2,1-2H3. The second-order valence-corrected chi connectivity index (χ2v) is 5.36. The Morgan fingerprint density at radius 2 is 2.20 bits per heavy atom. The minimum absolute atomic E-state index is 0.0262. The molecule has 1 aliphatic heterocycles. The molecule has 1 heterocycles. The van der Waals surface area contributed by atoms with E-state index in [1.165, 1.54) is 19.3 Å². The van der Waals surface area contributed by atoms with E-state index in [2.05, 4.69) is 5.32 Å². The number of amides is 1. The van der Waals surface area contributed by atoms with Crippen molar-refractivity contribution in [1.29, 1.82) is 0 Å². The van der Waals surface area contributed by atoms with Gasteiger partial charge in [-0.2, -0.15) is 0 Å². The average molecular weight is 276 g/mol.